The van der Waals surface area contributed by atoms with Gasteiger partial charge in [0.1, 0.15) is 0 Å². The number of amides is 1. The lowest BCUT2D eigenvalue weighted by atomic mass is 10.1. The molecule has 0 aromatic heterocycles. The van der Waals surface area contributed by atoms with Crippen LogP contribution < -0.4 is 10.0 Å². The molecule has 3 aromatic carbocycles. The molecule has 0 aliphatic rings. The van der Waals surface area contributed by atoms with Gasteiger partial charge in [-0.3, -0.25) is 9.52 Å². The highest BCUT2D eigenvalue weighted by molar-refractivity contribution is 7.92. The van der Waals surface area contributed by atoms with Gasteiger partial charge in [-0.25, -0.2) is 8.42 Å². The number of hydrogen-bond donors (Lipinski definition) is 5. The fraction of sp³-hybridized carbons (Fsp3) is 0.0952. The number of sulfonamides is 1. The number of rotatable bonds is 5. The van der Waals surface area contributed by atoms with Crippen molar-refractivity contribution < 1.29 is 28.5 Å². The molecule has 0 atom stereocenters. The molecule has 0 radical (unpaired) electrons. The third-order valence-electron chi connectivity index (χ3n) is 4.51. The van der Waals surface area contributed by atoms with Gasteiger partial charge in [0.25, 0.3) is 15.9 Å². The van der Waals surface area contributed by atoms with E-state index in [1.807, 2.05) is 19.9 Å². The SMILES string of the molecule is Cc1ccc(NS(=O)(=O)c2ccc(NC(=O)c3cc(O)c(O)c(O)c3)cc2)cc1C. The van der Waals surface area contributed by atoms with Crippen molar-refractivity contribution in [2.45, 2.75) is 18.7 Å². The molecule has 3 rings (SSSR count). The van der Waals surface area contributed by atoms with Gasteiger partial charge in [-0.2, -0.15) is 0 Å². The first-order valence-corrected chi connectivity index (χ1v) is 10.3. The summed E-state index contributed by atoms with van der Waals surface area (Å²) in [6.45, 7) is 3.82. The van der Waals surface area contributed by atoms with E-state index < -0.39 is 33.2 Å². The van der Waals surface area contributed by atoms with Crippen molar-refractivity contribution in [3.63, 3.8) is 0 Å². The van der Waals surface area contributed by atoms with E-state index in [0.717, 1.165) is 23.3 Å². The number of carbonyl (C=O) groups is 1. The van der Waals surface area contributed by atoms with Gasteiger partial charge in [0.05, 0.1) is 4.90 Å². The number of nitrogens with one attached hydrogen (secondary N) is 2. The summed E-state index contributed by atoms with van der Waals surface area (Å²) >= 11 is 0. The minimum absolute atomic E-state index is 0.0126. The number of anilines is 2. The largest absolute Gasteiger partial charge is 0.504 e. The van der Waals surface area contributed by atoms with E-state index in [0.29, 0.717) is 11.4 Å². The second-order valence-electron chi connectivity index (χ2n) is 6.75. The predicted molar refractivity (Wildman–Crippen MR) is 113 cm³/mol. The minimum Gasteiger partial charge on any atom is -0.504 e. The Labute approximate surface area is 173 Å². The molecule has 0 saturated heterocycles. The number of benzene rings is 3. The Hall–Kier alpha value is -3.72. The Balaban J connectivity index is 1.75. The molecule has 0 aliphatic carbocycles. The highest BCUT2D eigenvalue weighted by Crippen LogP contribution is 2.35. The van der Waals surface area contributed by atoms with Crippen molar-refractivity contribution in [2.75, 3.05) is 10.0 Å². The number of carbonyl (C=O) groups excluding carboxylic acids is 1. The maximum absolute atomic E-state index is 12.6. The molecule has 0 aliphatic heterocycles. The van der Waals surface area contributed by atoms with Crippen molar-refractivity contribution in [3.8, 4) is 17.2 Å². The summed E-state index contributed by atoms with van der Waals surface area (Å²) in [7, 11) is -3.81. The van der Waals surface area contributed by atoms with Crippen LogP contribution >= 0.6 is 0 Å². The number of aryl methyl sites for hydroxylation is 2. The van der Waals surface area contributed by atoms with Crippen LogP contribution in [0.5, 0.6) is 17.2 Å². The van der Waals surface area contributed by atoms with Gasteiger partial charge in [0.2, 0.25) is 0 Å². The predicted octanol–water partition coefficient (Wildman–Crippen LogP) is 3.47. The van der Waals surface area contributed by atoms with Crippen molar-refractivity contribution in [1.29, 1.82) is 0 Å². The lowest BCUT2D eigenvalue weighted by molar-refractivity contribution is 0.102. The Morgan fingerprint density at radius 1 is 0.800 bits per heavy atom. The first-order chi connectivity index (χ1) is 14.1. The molecule has 5 N–H and O–H groups in total. The van der Waals surface area contributed by atoms with Crippen LogP contribution in [-0.2, 0) is 10.0 Å². The molecule has 0 fully saturated rings. The summed E-state index contributed by atoms with van der Waals surface area (Å²) in [6, 6.07) is 12.7. The van der Waals surface area contributed by atoms with E-state index in [2.05, 4.69) is 10.0 Å². The second kappa shape index (κ2) is 7.96. The normalized spacial score (nSPS) is 11.1. The zero-order valence-electron chi connectivity index (χ0n) is 16.2. The van der Waals surface area contributed by atoms with E-state index in [1.165, 1.54) is 24.3 Å². The van der Waals surface area contributed by atoms with Crippen LogP contribution in [0.2, 0.25) is 0 Å². The zero-order chi connectivity index (χ0) is 22.1. The van der Waals surface area contributed by atoms with E-state index in [1.54, 1.807) is 12.1 Å². The van der Waals surface area contributed by atoms with Gasteiger partial charge in [-0.15, -0.1) is 0 Å². The second-order valence-corrected chi connectivity index (χ2v) is 8.43. The number of phenols is 3. The summed E-state index contributed by atoms with van der Waals surface area (Å²) < 4.78 is 27.7. The lowest BCUT2D eigenvalue weighted by Gasteiger charge is -2.11. The number of aromatic hydroxyl groups is 3. The average molecular weight is 428 g/mol. The molecule has 0 heterocycles. The molecule has 0 bridgehead atoms. The van der Waals surface area contributed by atoms with Crippen molar-refractivity contribution >= 4 is 27.3 Å². The van der Waals surface area contributed by atoms with Crippen LogP contribution in [0.15, 0.2) is 59.5 Å². The van der Waals surface area contributed by atoms with Gasteiger partial charge < -0.3 is 20.6 Å². The van der Waals surface area contributed by atoms with Gasteiger partial charge in [-0.1, -0.05) is 6.07 Å². The van der Waals surface area contributed by atoms with E-state index in [9.17, 15) is 28.5 Å². The van der Waals surface area contributed by atoms with Crippen LogP contribution in [0, 0.1) is 13.8 Å². The fourth-order valence-corrected chi connectivity index (χ4v) is 3.72. The zero-order valence-corrected chi connectivity index (χ0v) is 17.0. The third kappa shape index (κ3) is 4.47. The Morgan fingerprint density at radius 3 is 1.93 bits per heavy atom. The van der Waals surface area contributed by atoms with Crippen molar-refractivity contribution in [1.82, 2.24) is 0 Å². The van der Waals surface area contributed by atoms with Crippen LogP contribution in [0.3, 0.4) is 0 Å². The van der Waals surface area contributed by atoms with Gasteiger partial charge in [-0.05, 0) is 73.5 Å². The summed E-state index contributed by atoms with van der Waals surface area (Å²) in [6.07, 6.45) is 0. The van der Waals surface area contributed by atoms with E-state index >= 15 is 0 Å². The summed E-state index contributed by atoms with van der Waals surface area (Å²) in [5, 5.41) is 30.9. The maximum Gasteiger partial charge on any atom is 0.261 e. The monoisotopic (exact) mass is 428 g/mol. The molecule has 30 heavy (non-hydrogen) atoms. The standard InChI is InChI=1S/C21H20N2O6S/c1-12-3-4-16(9-13(12)2)23-30(28,29)17-7-5-15(6-8-17)22-21(27)14-10-18(24)20(26)19(25)11-14/h3-11,23-26H,1-2H3,(H,22,27). The minimum atomic E-state index is -3.81. The van der Waals surface area contributed by atoms with E-state index in [4.69, 9.17) is 0 Å². The lowest BCUT2D eigenvalue weighted by Crippen LogP contribution is -2.14. The van der Waals surface area contributed by atoms with Crippen LogP contribution in [0.25, 0.3) is 0 Å². The fourth-order valence-electron chi connectivity index (χ4n) is 2.67. The molecule has 3 aromatic rings. The molecule has 9 heteroatoms. The summed E-state index contributed by atoms with van der Waals surface area (Å²) in [5.41, 5.74) is 2.67. The van der Waals surface area contributed by atoms with Gasteiger partial charge in [0, 0.05) is 16.9 Å². The van der Waals surface area contributed by atoms with E-state index in [-0.39, 0.29) is 10.5 Å². The average Bonchev–Trinajstić information content (AvgIpc) is 2.68. The smallest absolute Gasteiger partial charge is 0.261 e. The van der Waals surface area contributed by atoms with Crippen molar-refractivity contribution in [3.05, 3.63) is 71.3 Å². The Kier molecular flexibility index (Phi) is 5.57. The Morgan fingerprint density at radius 2 is 1.37 bits per heavy atom. The summed E-state index contributed by atoms with van der Waals surface area (Å²) in [4.78, 5) is 12.3. The van der Waals surface area contributed by atoms with Crippen LogP contribution in [0.1, 0.15) is 21.5 Å². The third-order valence-corrected chi connectivity index (χ3v) is 5.91. The first kappa shape index (κ1) is 21.0. The quantitative estimate of drug-likeness (QED) is 0.395. The van der Waals surface area contributed by atoms with Crippen LogP contribution in [-0.4, -0.2) is 29.6 Å². The number of hydrogen-bond acceptors (Lipinski definition) is 6. The highest BCUT2D eigenvalue weighted by Gasteiger charge is 2.16. The molecule has 156 valence electrons. The van der Waals surface area contributed by atoms with Gasteiger partial charge >= 0.3 is 0 Å². The van der Waals surface area contributed by atoms with Crippen LogP contribution in [0.4, 0.5) is 11.4 Å². The molecule has 0 spiro atoms. The van der Waals surface area contributed by atoms with Crippen molar-refractivity contribution in [2.24, 2.45) is 0 Å². The van der Waals surface area contributed by atoms with Gasteiger partial charge in [0.15, 0.2) is 17.2 Å². The molecule has 1 amide bonds. The molecule has 0 unspecified atom stereocenters. The first-order valence-electron chi connectivity index (χ1n) is 8.83. The highest BCUT2D eigenvalue weighted by atomic mass is 32.2. The molecular formula is C21H20N2O6S. The maximum atomic E-state index is 12.6. The Bertz CT molecular complexity index is 1200. The summed E-state index contributed by atoms with van der Waals surface area (Å²) in [5.74, 6) is -2.67. The number of phenolic OH excluding ortho intramolecular Hbond substituents is 3. The topological polar surface area (TPSA) is 136 Å². The molecule has 0 saturated carbocycles. The molecule has 8 nitrogen and oxygen atoms in total. The molecular weight excluding hydrogens is 408 g/mol.